The Morgan fingerprint density at radius 1 is 1.55 bits per heavy atom. The van der Waals surface area contributed by atoms with Crippen LogP contribution in [-0.4, -0.2) is 20.4 Å². The molecule has 4 nitrogen and oxygen atoms in total. The fourth-order valence-corrected chi connectivity index (χ4v) is 1.27. The lowest BCUT2D eigenvalue weighted by molar-refractivity contribution is 0.683. The molecule has 0 saturated heterocycles. The molecule has 2 N–H and O–H groups in total. The molecule has 60 valence electrons. The van der Waals surface area contributed by atoms with E-state index >= 15 is 0 Å². The summed E-state index contributed by atoms with van der Waals surface area (Å²) in [5.41, 5.74) is 6.08. The second kappa shape index (κ2) is 2.96. The summed E-state index contributed by atoms with van der Waals surface area (Å²) >= 11 is 0. The highest BCUT2D eigenvalue weighted by Gasteiger charge is 2.01. The van der Waals surface area contributed by atoms with Gasteiger partial charge in [-0.3, -0.25) is 4.21 Å². The highest BCUT2D eigenvalue weighted by Crippen LogP contribution is 2.04. The molecule has 1 aromatic rings. The van der Waals surface area contributed by atoms with E-state index in [0.29, 0.717) is 5.03 Å². The van der Waals surface area contributed by atoms with E-state index in [4.69, 9.17) is 5.73 Å². The Labute approximate surface area is 67.3 Å². The largest absolute Gasteiger partial charge is 0.368 e. The van der Waals surface area contributed by atoms with Crippen LogP contribution in [0.25, 0.3) is 0 Å². The third kappa shape index (κ3) is 1.98. The number of hydrogen-bond acceptors (Lipinski definition) is 4. The topological polar surface area (TPSA) is 68.9 Å². The second-order valence-electron chi connectivity index (χ2n) is 2.16. The minimum atomic E-state index is -1.08. The minimum Gasteiger partial charge on any atom is -0.368 e. The molecule has 0 aromatic carbocycles. The van der Waals surface area contributed by atoms with Crippen molar-refractivity contribution in [2.75, 3.05) is 12.0 Å². The van der Waals surface area contributed by atoms with Crippen LogP contribution in [0, 0.1) is 6.92 Å². The number of nitrogens with zero attached hydrogens (tertiary/aromatic N) is 2. The van der Waals surface area contributed by atoms with Gasteiger partial charge in [0.05, 0.1) is 10.8 Å². The Bertz CT molecular complexity index is 280. The number of rotatable bonds is 1. The molecule has 1 heterocycles. The summed E-state index contributed by atoms with van der Waals surface area (Å²) < 4.78 is 10.9. The van der Waals surface area contributed by atoms with Crippen LogP contribution in [0.15, 0.2) is 11.1 Å². The average Bonchev–Trinajstić information content (AvgIpc) is 1.85. The van der Waals surface area contributed by atoms with Crippen molar-refractivity contribution in [1.29, 1.82) is 0 Å². The van der Waals surface area contributed by atoms with Gasteiger partial charge in [0.2, 0.25) is 5.95 Å². The number of anilines is 1. The van der Waals surface area contributed by atoms with Crippen molar-refractivity contribution in [1.82, 2.24) is 9.97 Å². The quantitative estimate of drug-likeness (QED) is 0.609. The maximum atomic E-state index is 10.9. The second-order valence-corrected chi connectivity index (χ2v) is 3.49. The van der Waals surface area contributed by atoms with E-state index in [0.717, 1.165) is 5.69 Å². The molecule has 0 aliphatic rings. The molecule has 5 heteroatoms. The molecule has 1 unspecified atom stereocenters. The predicted octanol–water partition coefficient (Wildman–Crippen LogP) is 0.105. The first-order valence-electron chi connectivity index (χ1n) is 3.04. The maximum absolute atomic E-state index is 10.9. The Balaban J connectivity index is 3.19. The Hall–Kier alpha value is -0.970. The number of aromatic nitrogens is 2. The summed E-state index contributed by atoms with van der Waals surface area (Å²) in [6.45, 7) is 1.79. The molecule has 0 fully saturated rings. The monoisotopic (exact) mass is 171 g/mol. The lowest BCUT2D eigenvalue weighted by Crippen LogP contribution is -2.01. The predicted molar refractivity (Wildman–Crippen MR) is 43.5 cm³/mol. The molecule has 0 spiro atoms. The molecule has 1 rings (SSSR count). The molecule has 0 aliphatic heterocycles. The summed E-state index contributed by atoms with van der Waals surface area (Å²) in [7, 11) is -1.08. The van der Waals surface area contributed by atoms with E-state index in [-0.39, 0.29) is 5.95 Å². The molecule has 0 bridgehead atoms. The molecule has 0 saturated carbocycles. The maximum Gasteiger partial charge on any atom is 0.221 e. The molecule has 1 aromatic heterocycles. The van der Waals surface area contributed by atoms with Crippen LogP contribution in [0.2, 0.25) is 0 Å². The van der Waals surface area contributed by atoms with Crippen LogP contribution in [0.1, 0.15) is 5.69 Å². The summed E-state index contributed by atoms with van der Waals surface area (Å²) in [4.78, 5) is 7.65. The SMILES string of the molecule is Cc1cc(S(C)=O)nc(N)n1. The van der Waals surface area contributed by atoms with Gasteiger partial charge >= 0.3 is 0 Å². The third-order valence-electron chi connectivity index (χ3n) is 1.14. The molecule has 0 radical (unpaired) electrons. The Kier molecular flexibility index (Phi) is 2.19. The highest BCUT2D eigenvalue weighted by atomic mass is 32.2. The van der Waals surface area contributed by atoms with Gasteiger partial charge < -0.3 is 5.73 Å². The molecule has 11 heavy (non-hydrogen) atoms. The van der Waals surface area contributed by atoms with Gasteiger partial charge in [-0.05, 0) is 13.0 Å². The zero-order valence-electron chi connectivity index (χ0n) is 6.37. The minimum absolute atomic E-state index is 0.176. The van der Waals surface area contributed by atoms with Gasteiger partial charge in [-0.1, -0.05) is 0 Å². The van der Waals surface area contributed by atoms with E-state index < -0.39 is 10.8 Å². The van der Waals surface area contributed by atoms with Crippen molar-refractivity contribution in [3.05, 3.63) is 11.8 Å². The summed E-state index contributed by atoms with van der Waals surface area (Å²) in [6.07, 6.45) is 1.56. The van der Waals surface area contributed by atoms with Crippen LogP contribution < -0.4 is 5.73 Å². The number of nitrogens with two attached hydrogens (primary N) is 1. The van der Waals surface area contributed by atoms with Crippen LogP contribution in [0.5, 0.6) is 0 Å². The fraction of sp³-hybridized carbons (Fsp3) is 0.333. The van der Waals surface area contributed by atoms with Crippen LogP contribution in [0.3, 0.4) is 0 Å². The number of aryl methyl sites for hydroxylation is 1. The Morgan fingerprint density at radius 2 is 2.18 bits per heavy atom. The van der Waals surface area contributed by atoms with Crippen LogP contribution in [0.4, 0.5) is 5.95 Å². The van der Waals surface area contributed by atoms with E-state index in [1.165, 1.54) is 0 Å². The van der Waals surface area contributed by atoms with Crippen LogP contribution >= 0.6 is 0 Å². The van der Waals surface area contributed by atoms with Crippen molar-refractivity contribution < 1.29 is 4.21 Å². The molecule has 0 aliphatic carbocycles. The lowest BCUT2D eigenvalue weighted by atomic mass is 10.5. The molecular weight excluding hydrogens is 162 g/mol. The van der Waals surface area contributed by atoms with Crippen LogP contribution in [-0.2, 0) is 10.8 Å². The van der Waals surface area contributed by atoms with Crippen molar-refractivity contribution in [2.24, 2.45) is 0 Å². The van der Waals surface area contributed by atoms with E-state index in [1.807, 2.05) is 0 Å². The summed E-state index contributed by atoms with van der Waals surface area (Å²) in [6, 6.07) is 1.66. The highest BCUT2D eigenvalue weighted by molar-refractivity contribution is 7.84. The van der Waals surface area contributed by atoms with Gasteiger partial charge in [0, 0.05) is 11.9 Å². The normalized spacial score (nSPS) is 12.9. The van der Waals surface area contributed by atoms with Crippen molar-refractivity contribution >= 4 is 16.7 Å². The van der Waals surface area contributed by atoms with E-state index in [1.54, 1.807) is 19.2 Å². The van der Waals surface area contributed by atoms with Gasteiger partial charge in [0.1, 0.15) is 5.03 Å². The van der Waals surface area contributed by atoms with Gasteiger partial charge in [0.15, 0.2) is 0 Å². The van der Waals surface area contributed by atoms with Gasteiger partial charge in [-0.15, -0.1) is 0 Å². The first-order chi connectivity index (χ1) is 5.09. The van der Waals surface area contributed by atoms with Gasteiger partial charge in [-0.25, -0.2) is 9.97 Å². The van der Waals surface area contributed by atoms with Gasteiger partial charge in [0.25, 0.3) is 0 Å². The summed E-state index contributed by atoms with van der Waals surface area (Å²) in [5, 5.41) is 0.481. The van der Waals surface area contributed by atoms with E-state index in [9.17, 15) is 4.21 Å². The Morgan fingerprint density at radius 3 is 2.64 bits per heavy atom. The first kappa shape index (κ1) is 8.13. The molecule has 0 amide bonds. The van der Waals surface area contributed by atoms with Gasteiger partial charge in [-0.2, -0.15) is 0 Å². The summed E-state index contributed by atoms with van der Waals surface area (Å²) in [5.74, 6) is 0.176. The fourth-order valence-electron chi connectivity index (χ4n) is 0.709. The van der Waals surface area contributed by atoms with Crippen molar-refractivity contribution in [3.63, 3.8) is 0 Å². The number of nitrogen functional groups attached to an aromatic ring is 1. The smallest absolute Gasteiger partial charge is 0.221 e. The molecular formula is C6H9N3OS. The lowest BCUT2D eigenvalue weighted by Gasteiger charge is -1.98. The first-order valence-corrected chi connectivity index (χ1v) is 4.60. The van der Waals surface area contributed by atoms with Crippen molar-refractivity contribution in [2.45, 2.75) is 11.9 Å². The zero-order valence-corrected chi connectivity index (χ0v) is 7.18. The van der Waals surface area contributed by atoms with Crippen molar-refractivity contribution in [3.8, 4) is 0 Å². The molecule has 1 atom stereocenters. The average molecular weight is 171 g/mol. The standard InChI is InChI=1S/C6H9N3OS/c1-4-3-5(11(2)10)9-6(7)8-4/h3H,1-2H3,(H2,7,8,9). The zero-order chi connectivity index (χ0) is 8.43. The van der Waals surface area contributed by atoms with E-state index in [2.05, 4.69) is 9.97 Å². The third-order valence-corrected chi connectivity index (χ3v) is 1.94. The number of hydrogen-bond donors (Lipinski definition) is 1.